The van der Waals surface area contributed by atoms with Crippen molar-refractivity contribution < 1.29 is 9.53 Å². The zero-order valence-electron chi connectivity index (χ0n) is 9.50. The highest BCUT2D eigenvalue weighted by atomic mass is 16.6. The summed E-state index contributed by atoms with van der Waals surface area (Å²) in [6.45, 7) is 5.45. The lowest BCUT2D eigenvalue weighted by atomic mass is 10.0. The maximum atomic E-state index is 11.4. The summed E-state index contributed by atoms with van der Waals surface area (Å²) in [7, 11) is 1.86. The molecule has 1 aromatic heterocycles. The second-order valence-electron chi connectivity index (χ2n) is 4.29. The van der Waals surface area contributed by atoms with Gasteiger partial charge in [0.05, 0.1) is 0 Å². The Morgan fingerprint density at radius 3 is 2.67 bits per heavy atom. The molecule has 1 heterocycles. The van der Waals surface area contributed by atoms with E-state index in [1.807, 2.05) is 40.8 Å². The third kappa shape index (κ3) is 4.49. The van der Waals surface area contributed by atoms with Crippen LogP contribution in [-0.2, 0) is 4.74 Å². The molecule has 0 bridgehead atoms. The number of carbonyl (C=O) groups excluding carboxylic acids is 1. The average Bonchev–Trinajstić information content (AvgIpc) is 1.99. The summed E-state index contributed by atoms with van der Waals surface area (Å²) in [6, 6.07) is 5.41. The monoisotopic (exact) mass is 206 g/mol. The van der Waals surface area contributed by atoms with Gasteiger partial charge in [0.2, 0.25) is 0 Å². The van der Waals surface area contributed by atoms with Crippen molar-refractivity contribution in [3.63, 3.8) is 0 Å². The van der Waals surface area contributed by atoms with Crippen molar-refractivity contribution in [2.24, 2.45) is 0 Å². The van der Waals surface area contributed by atoms with Crippen LogP contribution in [0.5, 0.6) is 0 Å². The summed E-state index contributed by atoms with van der Waals surface area (Å²) in [5.41, 5.74) is 0.358. The van der Waals surface area contributed by atoms with Crippen LogP contribution < -0.4 is 10.9 Å². The standard InChI is InChI=1S/C10H15BN2O2/c1-10(2,3)15-9(14)13-8-6-4-5-7(11)12-8/h4-6H,11H2,1-3H3,(H,12,13,14). The molecule has 1 N–H and O–H groups in total. The van der Waals surface area contributed by atoms with Gasteiger partial charge in [-0.05, 0) is 32.4 Å². The Morgan fingerprint density at radius 2 is 2.13 bits per heavy atom. The highest BCUT2D eigenvalue weighted by molar-refractivity contribution is 6.30. The molecule has 0 saturated carbocycles. The molecule has 1 rings (SSSR count). The number of nitrogens with zero attached hydrogens (tertiary/aromatic N) is 1. The van der Waals surface area contributed by atoms with Crippen LogP contribution in [0.2, 0.25) is 0 Å². The van der Waals surface area contributed by atoms with Crippen LogP contribution >= 0.6 is 0 Å². The molecule has 0 unspecified atom stereocenters. The predicted octanol–water partition coefficient (Wildman–Crippen LogP) is 0.687. The van der Waals surface area contributed by atoms with Crippen molar-refractivity contribution in [2.75, 3.05) is 5.32 Å². The van der Waals surface area contributed by atoms with E-state index in [1.165, 1.54) is 0 Å². The molecule has 0 aromatic carbocycles. The molecule has 5 heteroatoms. The quantitative estimate of drug-likeness (QED) is 0.687. The Hall–Kier alpha value is -1.52. The van der Waals surface area contributed by atoms with Crippen LogP contribution in [0.25, 0.3) is 0 Å². The number of hydrogen-bond donors (Lipinski definition) is 1. The fourth-order valence-electron chi connectivity index (χ4n) is 1.02. The first-order chi connectivity index (χ1) is 6.87. The summed E-state index contributed by atoms with van der Waals surface area (Å²) in [4.78, 5) is 15.5. The molecule has 1 amide bonds. The summed E-state index contributed by atoms with van der Waals surface area (Å²) >= 11 is 0. The molecule has 0 fully saturated rings. The highest BCUT2D eigenvalue weighted by Crippen LogP contribution is 2.08. The van der Waals surface area contributed by atoms with E-state index in [4.69, 9.17) is 4.74 Å². The normalized spacial score (nSPS) is 10.9. The van der Waals surface area contributed by atoms with Crippen molar-refractivity contribution in [3.8, 4) is 0 Å². The van der Waals surface area contributed by atoms with Gasteiger partial charge in [0, 0.05) is 0 Å². The van der Waals surface area contributed by atoms with Gasteiger partial charge in [-0.3, -0.25) is 5.32 Å². The molecule has 80 valence electrons. The fraction of sp³-hybridized carbons (Fsp3) is 0.400. The van der Waals surface area contributed by atoms with Gasteiger partial charge in [-0.1, -0.05) is 12.1 Å². The molecule has 0 spiro atoms. The zero-order valence-corrected chi connectivity index (χ0v) is 9.50. The first kappa shape index (κ1) is 11.6. The van der Waals surface area contributed by atoms with Crippen LogP contribution in [-0.4, -0.2) is 24.5 Å². The first-order valence-electron chi connectivity index (χ1n) is 4.80. The van der Waals surface area contributed by atoms with Crippen molar-refractivity contribution in [2.45, 2.75) is 26.4 Å². The van der Waals surface area contributed by atoms with Crippen LogP contribution in [0, 0.1) is 0 Å². The lowest BCUT2D eigenvalue weighted by Gasteiger charge is -2.19. The maximum Gasteiger partial charge on any atom is 0.413 e. The molecule has 0 aliphatic rings. The summed E-state index contributed by atoms with van der Waals surface area (Å²) in [5.74, 6) is 0.504. The summed E-state index contributed by atoms with van der Waals surface area (Å²) in [6.07, 6.45) is -0.486. The second kappa shape index (κ2) is 4.34. The Morgan fingerprint density at radius 1 is 1.47 bits per heavy atom. The van der Waals surface area contributed by atoms with Gasteiger partial charge >= 0.3 is 6.09 Å². The molecular formula is C10H15BN2O2. The van der Waals surface area contributed by atoms with E-state index in [0.717, 1.165) is 5.59 Å². The molecule has 0 aliphatic carbocycles. The molecule has 0 radical (unpaired) electrons. The zero-order chi connectivity index (χ0) is 11.5. The van der Waals surface area contributed by atoms with Crippen molar-refractivity contribution in [1.82, 2.24) is 4.98 Å². The molecular weight excluding hydrogens is 191 g/mol. The number of hydrogen-bond acceptors (Lipinski definition) is 3. The molecule has 0 aliphatic heterocycles. The number of ether oxygens (including phenoxy) is 1. The fourth-order valence-corrected chi connectivity index (χ4v) is 1.02. The minimum absolute atomic E-state index is 0.486. The van der Waals surface area contributed by atoms with Gasteiger partial charge in [-0.25, -0.2) is 9.78 Å². The van der Waals surface area contributed by atoms with E-state index in [9.17, 15) is 4.79 Å². The van der Waals surface area contributed by atoms with Crippen molar-refractivity contribution >= 4 is 25.4 Å². The van der Waals surface area contributed by atoms with Gasteiger partial charge in [0.25, 0.3) is 0 Å². The predicted molar refractivity (Wildman–Crippen MR) is 62.3 cm³/mol. The number of aromatic nitrogens is 1. The van der Waals surface area contributed by atoms with E-state index in [1.54, 1.807) is 6.07 Å². The van der Waals surface area contributed by atoms with Crippen molar-refractivity contribution in [3.05, 3.63) is 18.2 Å². The molecule has 0 atom stereocenters. The Bertz CT molecular complexity index is 361. The molecule has 0 saturated heterocycles. The largest absolute Gasteiger partial charge is 0.444 e. The summed E-state index contributed by atoms with van der Waals surface area (Å²) < 4.78 is 5.09. The minimum Gasteiger partial charge on any atom is -0.444 e. The Kier molecular flexibility index (Phi) is 3.34. The van der Waals surface area contributed by atoms with E-state index >= 15 is 0 Å². The highest BCUT2D eigenvalue weighted by Gasteiger charge is 2.16. The molecule has 1 aromatic rings. The molecule has 4 nitrogen and oxygen atoms in total. The number of anilines is 1. The van der Waals surface area contributed by atoms with Gasteiger partial charge in [-0.15, -0.1) is 0 Å². The number of carbonyl (C=O) groups is 1. The Labute approximate surface area is 90.5 Å². The van der Waals surface area contributed by atoms with E-state index in [-0.39, 0.29) is 0 Å². The second-order valence-corrected chi connectivity index (χ2v) is 4.29. The SMILES string of the molecule is Bc1cccc(NC(=O)OC(C)(C)C)n1. The third-order valence-electron chi connectivity index (χ3n) is 1.52. The lowest BCUT2D eigenvalue weighted by Crippen LogP contribution is -2.28. The number of rotatable bonds is 1. The van der Waals surface area contributed by atoms with E-state index in [0.29, 0.717) is 5.82 Å². The van der Waals surface area contributed by atoms with Crippen LogP contribution in [0.15, 0.2) is 18.2 Å². The number of pyridine rings is 1. The van der Waals surface area contributed by atoms with Gasteiger partial charge in [0.1, 0.15) is 11.4 Å². The Balaban J connectivity index is 2.59. The summed E-state index contributed by atoms with van der Waals surface area (Å²) in [5, 5.41) is 2.57. The average molecular weight is 206 g/mol. The third-order valence-corrected chi connectivity index (χ3v) is 1.52. The van der Waals surface area contributed by atoms with Crippen molar-refractivity contribution in [1.29, 1.82) is 0 Å². The van der Waals surface area contributed by atoms with Gasteiger partial charge in [-0.2, -0.15) is 0 Å². The lowest BCUT2D eigenvalue weighted by molar-refractivity contribution is 0.0635. The van der Waals surface area contributed by atoms with E-state index < -0.39 is 11.7 Å². The maximum absolute atomic E-state index is 11.4. The van der Waals surface area contributed by atoms with Gasteiger partial charge < -0.3 is 4.74 Å². The topological polar surface area (TPSA) is 51.2 Å². The minimum atomic E-state index is -0.492. The van der Waals surface area contributed by atoms with Crippen LogP contribution in [0.3, 0.4) is 0 Å². The number of amides is 1. The number of nitrogens with one attached hydrogen (secondary N) is 1. The van der Waals surface area contributed by atoms with Crippen LogP contribution in [0.1, 0.15) is 20.8 Å². The first-order valence-corrected chi connectivity index (χ1v) is 4.80. The van der Waals surface area contributed by atoms with Gasteiger partial charge in [0.15, 0.2) is 7.85 Å². The molecule has 15 heavy (non-hydrogen) atoms. The smallest absolute Gasteiger partial charge is 0.413 e. The van der Waals surface area contributed by atoms with E-state index in [2.05, 4.69) is 10.3 Å². The van der Waals surface area contributed by atoms with Crippen LogP contribution in [0.4, 0.5) is 10.6 Å².